The predicted octanol–water partition coefficient (Wildman–Crippen LogP) is 2.44. The molecule has 1 spiro atoms. The molecular formula is C19H23NO4. The molecule has 5 nitrogen and oxygen atoms in total. The van der Waals surface area contributed by atoms with Gasteiger partial charge in [-0.15, -0.1) is 0 Å². The maximum atomic E-state index is 13.1. The van der Waals surface area contributed by atoms with E-state index in [9.17, 15) is 14.7 Å². The second kappa shape index (κ2) is 5.50. The Balaban J connectivity index is 1.56. The maximum Gasteiger partial charge on any atom is 0.308 e. The van der Waals surface area contributed by atoms with Crippen LogP contribution in [0.3, 0.4) is 0 Å². The van der Waals surface area contributed by atoms with Crippen LogP contribution in [0.1, 0.15) is 38.2 Å². The molecule has 1 aromatic carbocycles. The molecule has 2 heterocycles. The molecule has 128 valence electrons. The van der Waals surface area contributed by atoms with Crippen LogP contribution in [-0.4, -0.2) is 41.1 Å². The Hall–Kier alpha value is -2.04. The van der Waals surface area contributed by atoms with E-state index >= 15 is 0 Å². The van der Waals surface area contributed by atoms with Crippen LogP contribution in [-0.2, 0) is 15.0 Å². The molecule has 0 radical (unpaired) electrons. The summed E-state index contributed by atoms with van der Waals surface area (Å²) in [6.07, 6.45) is 3.15. The maximum absolute atomic E-state index is 13.1. The summed E-state index contributed by atoms with van der Waals surface area (Å²) < 4.78 is 5.74. The van der Waals surface area contributed by atoms with Gasteiger partial charge in [-0.05, 0) is 38.7 Å². The van der Waals surface area contributed by atoms with Gasteiger partial charge < -0.3 is 14.7 Å². The number of carbonyl (C=O) groups is 2. The van der Waals surface area contributed by atoms with E-state index in [2.05, 4.69) is 6.07 Å². The average Bonchev–Trinajstić information content (AvgIpc) is 3.29. The van der Waals surface area contributed by atoms with Crippen molar-refractivity contribution in [2.24, 2.45) is 11.8 Å². The Bertz CT molecular complexity index is 688. The van der Waals surface area contributed by atoms with Gasteiger partial charge in [0.2, 0.25) is 5.91 Å². The molecule has 24 heavy (non-hydrogen) atoms. The summed E-state index contributed by atoms with van der Waals surface area (Å²) in [4.78, 5) is 26.3. The number of amides is 1. The molecule has 0 bridgehead atoms. The molecule has 2 aliphatic heterocycles. The number of piperidine rings is 1. The number of carboxylic acid groups (broad SMARTS) is 1. The van der Waals surface area contributed by atoms with Crippen LogP contribution in [0.2, 0.25) is 0 Å². The van der Waals surface area contributed by atoms with Crippen LogP contribution in [0, 0.1) is 11.8 Å². The van der Waals surface area contributed by atoms with Crippen molar-refractivity contribution in [2.75, 3.05) is 13.2 Å². The first-order chi connectivity index (χ1) is 11.5. The monoisotopic (exact) mass is 329 g/mol. The third kappa shape index (κ3) is 2.29. The third-order valence-corrected chi connectivity index (χ3v) is 6.12. The molecule has 5 heteroatoms. The molecule has 0 aromatic heterocycles. The molecule has 1 aliphatic carbocycles. The minimum absolute atomic E-state index is 0.0301. The van der Waals surface area contributed by atoms with Crippen molar-refractivity contribution in [1.82, 2.24) is 4.90 Å². The SMILES string of the molecule is CC1CCC(C(=O)O)CN1C(=O)[C@@H]1C[C@]12CCOc1ccccc12. The molecule has 1 saturated heterocycles. The van der Waals surface area contributed by atoms with Crippen molar-refractivity contribution >= 4 is 11.9 Å². The number of aliphatic carboxylic acids is 1. The minimum atomic E-state index is -0.790. The van der Waals surface area contributed by atoms with Gasteiger partial charge in [-0.2, -0.15) is 0 Å². The van der Waals surface area contributed by atoms with Crippen LogP contribution >= 0.6 is 0 Å². The largest absolute Gasteiger partial charge is 0.493 e. The first-order valence-corrected chi connectivity index (χ1v) is 8.78. The lowest BCUT2D eigenvalue weighted by molar-refractivity contribution is -0.147. The Morgan fingerprint density at radius 2 is 2.08 bits per heavy atom. The van der Waals surface area contributed by atoms with Crippen molar-refractivity contribution < 1.29 is 19.4 Å². The summed E-state index contributed by atoms with van der Waals surface area (Å²) in [6, 6.07) is 8.13. The first-order valence-electron chi connectivity index (χ1n) is 8.78. The number of nitrogens with zero attached hydrogens (tertiary/aromatic N) is 1. The summed E-state index contributed by atoms with van der Waals surface area (Å²) in [7, 11) is 0. The molecule has 1 N–H and O–H groups in total. The second-order valence-electron chi connectivity index (χ2n) is 7.46. The lowest BCUT2D eigenvalue weighted by atomic mass is 9.86. The number of hydrogen-bond acceptors (Lipinski definition) is 3. The number of carboxylic acids is 1. The number of likely N-dealkylation sites (tertiary alicyclic amines) is 1. The van der Waals surface area contributed by atoms with Gasteiger partial charge in [0.1, 0.15) is 5.75 Å². The topological polar surface area (TPSA) is 66.8 Å². The van der Waals surface area contributed by atoms with Crippen LogP contribution in [0.5, 0.6) is 5.75 Å². The first kappa shape index (κ1) is 15.5. The van der Waals surface area contributed by atoms with Crippen molar-refractivity contribution in [2.45, 2.75) is 44.1 Å². The van der Waals surface area contributed by atoms with Crippen molar-refractivity contribution in [3.8, 4) is 5.75 Å². The zero-order valence-corrected chi connectivity index (χ0v) is 13.9. The summed E-state index contributed by atoms with van der Waals surface area (Å²) in [5.74, 6) is -0.222. The molecule has 4 atom stereocenters. The molecule has 1 aromatic rings. The zero-order chi connectivity index (χ0) is 16.9. The van der Waals surface area contributed by atoms with Gasteiger partial charge in [0.15, 0.2) is 0 Å². The van der Waals surface area contributed by atoms with Gasteiger partial charge in [-0.1, -0.05) is 18.2 Å². The van der Waals surface area contributed by atoms with Gasteiger partial charge >= 0.3 is 5.97 Å². The number of benzene rings is 1. The lowest BCUT2D eigenvalue weighted by Gasteiger charge is -2.37. The van der Waals surface area contributed by atoms with Crippen molar-refractivity contribution in [3.63, 3.8) is 0 Å². The Kier molecular flexibility index (Phi) is 3.55. The number of fused-ring (bicyclic) bond motifs is 2. The summed E-state index contributed by atoms with van der Waals surface area (Å²) in [5, 5.41) is 9.30. The molecule has 2 fully saturated rings. The second-order valence-corrected chi connectivity index (χ2v) is 7.46. The number of ether oxygens (including phenoxy) is 1. The van der Waals surface area contributed by atoms with E-state index in [4.69, 9.17) is 4.74 Å². The van der Waals surface area contributed by atoms with Crippen LogP contribution in [0.15, 0.2) is 24.3 Å². The Morgan fingerprint density at radius 1 is 1.29 bits per heavy atom. The molecule has 1 saturated carbocycles. The van der Waals surface area contributed by atoms with E-state index in [-0.39, 0.29) is 23.3 Å². The van der Waals surface area contributed by atoms with E-state index in [0.29, 0.717) is 19.6 Å². The van der Waals surface area contributed by atoms with Crippen molar-refractivity contribution in [1.29, 1.82) is 0 Å². The highest BCUT2D eigenvalue weighted by molar-refractivity contribution is 5.86. The molecular weight excluding hydrogens is 306 g/mol. The average molecular weight is 329 g/mol. The van der Waals surface area contributed by atoms with Crippen LogP contribution in [0.4, 0.5) is 0 Å². The summed E-state index contributed by atoms with van der Waals surface area (Å²) in [5.41, 5.74) is 1.05. The van der Waals surface area contributed by atoms with E-state index in [1.807, 2.05) is 30.0 Å². The quantitative estimate of drug-likeness (QED) is 0.905. The molecule has 1 amide bonds. The summed E-state index contributed by atoms with van der Waals surface area (Å²) >= 11 is 0. The van der Waals surface area contributed by atoms with Gasteiger partial charge in [-0.25, -0.2) is 0 Å². The van der Waals surface area contributed by atoms with Crippen LogP contribution < -0.4 is 4.74 Å². The van der Waals surface area contributed by atoms with E-state index < -0.39 is 11.9 Å². The lowest BCUT2D eigenvalue weighted by Crippen LogP contribution is -2.48. The number of para-hydroxylation sites is 1. The van der Waals surface area contributed by atoms with E-state index in [0.717, 1.165) is 30.6 Å². The highest BCUT2D eigenvalue weighted by atomic mass is 16.5. The predicted molar refractivity (Wildman–Crippen MR) is 87.9 cm³/mol. The van der Waals surface area contributed by atoms with E-state index in [1.165, 1.54) is 0 Å². The Morgan fingerprint density at radius 3 is 2.88 bits per heavy atom. The third-order valence-electron chi connectivity index (χ3n) is 6.12. The molecule has 3 aliphatic rings. The minimum Gasteiger partial charge on any atom is -0.493 e. The van der Waals surface area contributed by atoms with Crippen molar-refractivity contribution in [3.05, 3.63) is 29.8 Å². The fraction of sp³-hybridized carbons (Fsp3) is 0.579. The zero-order valence-electron chi connectivity index (χ0n) is 13.9. The van der Waals surface area contributed by atoms with Gasteiger partial charge in [-0.3, -0.25) is 9.59 Å². The normalized spacial score (nSPS) is 34.4. The standard InChI is InChI=1S/C19H23NO4/c1-12-6-7-13(18(22)23)11-20(12)17(21)15-10-19(15)8-9-24-16-5-3-2-4-14(16)19/h2-5,12-13,15H,6-11H2,1H3,(H,22,23)/t12?,13?,15-,19-/m0/s1. The van der Waals surface area contributed by atoms with E-state index in [1.54, 1.807) is 0 Å². The van der Waals surface area contributed by atoms with Gasteiger partial charge in [0.25, 0.3) is 0 Å². The fourth-order valence-corrected chi connectivity index (χ4v) is 4.50. The van der Waals surface area contributed by atoms with Gasteiger partial charge in [0.05, 0.1) is 12.5 Å². The Labute approximate surface area is 141 Å². The highest BCUT2D eigenvalue weighted by Gasteiger charge is 2.62. The summed E-state index contributed by atoms with van der Waals surface area (Å²) in [6.45, 7) is 3.02. The number of hydrogen-bond donors (Lipinski definition) is 1. The molecule has 2 unspecified atom stereocenters. The number of carbonyl (C=O) groups excluding carboxylic acids is 1. The number of rotatable bonds is 2. The van der Waals surface area contributed by atoms with Gasteiger partial charge in [0, 0.05) is 29.5 Å². The fourth-order valence-electron chi connectivity index (χ4n) is 4.50. The highest BCUT2D eigenvalue weighted by Crippen LogP contribution is 2.61. The van der Waals surface area contributed by atoms with Crippen LogP contribution in [0.25, 0.3) is 0 Å². The smallest absolute Gasteiger partial charge is 0.308 e. The molecule has 4 rings (SSSR count).